The van der Waals surface area contributed by atoms with Crippen molar-refractivity contribution in [2.45, 2.75) is 38.9 Å². The Kier molecular flexibility index (Phi) is 3.44. The van der Waals surface area contributed by atoms with Crippen molar-refractivity contribution in [2.24, 2.45) is 0 Å². The highest BCUT2D eigenvalue weighted by Gasteiger charge is 2.23. The molecule has 0 fully saturated rings. The van der Waals surface area contributed by atoms with Crippen molar-refractivity contribution in [1.29, 1.82) is 0 Å². The average molecular weight is 220 g/mol. The third-order valence-corrected chi connectivity index (χ3v) is 2.63. The molecule has 0 aromatic heterocycles. The Balaban J connectivity index is 2.05. The lowest BCUT2D eigenvalue weighted by Gasteiger charge is -2.04. The van der Waals surface area contributed by atoms with E-state index in [2.05, 4.69) is 13.0 Å². The highest BCUT2D eigenvalue weighted by atomic mass is 16.7. The predicted molar refractivity (Wildman–Crippen MR) is 60.8 cm³/mol. The number of ether oxygens (including phenoxy) is 2. The molecule has 0 saturated heterocycles. The van der Waals surface area contributed by atoms with Crippen LogP contribution in [0.2, 0.25) is 0 Å². The number of fused-ring (bicyclic) bond motifs is 1. The first kappa shape index (κ1) is 11.0. The summed E-state index contributed by atoms with van der Waals surface area (Å²) in [5, 5.41) is 0. The first-order valence-corrected chi connectivity index (χ1v) is 5.73. The summed E-state index contributed by atoms with van der Waals surface area (Å²) >= 11 is 0. The van der Waals surface area contributed by atoms with E-state index < -0.39 is 6.29 Å². The fraction of sp³-hybridized carbons (Fsp3) is 0.462. The fourth-order valence-electron chi connectivity index (χ4n) is 1.76. The quantitative estimate of drug-likeness (QED) is 0.716. The Hall–Kier alpha value is -1.51. The molecule has 1 atom stereocenters. The summed E-state index contributed by atoms with van der Waals surface area (Å²) in [6.45, 7) is 2.17. The van der Waals surface area contributed by atoms with E-state index >= 15 is 0 Å². The maximum absolute atomic E-state index is 10.4. The van der Waals surface area contributed by atoms with Crippen LogP contribution in [0, 0.1) is 0 Å². The third-order valence-electron chi connectivity index (χ3n) is 2.63. The van der Waals surface area contributed by atoms with Crippen LogP contribution >= 0.6 is 0 Å². The van der Waals surface area contributed by atoms with E-state index in [0.717, 1.165) is 24.2 Å². The second kappa shape index (κ2) is 5.01. The zero-order valence-electron chi connectivity index (χ0n) is 9.44. The lowest BCUT2D eigenvalue weighted by Crippen LogP contribution is -2.17. The molecule has 1 aliphatic heterocycles. The molecule has 0 N–H and O–H groups in total. The first-order chi connectivity index (χ1) is 7.83. The maximum atomic E-state index is 10.4. The number of rotatable bonds is 5. The molecule has 0 saturated carbocycles. The molecule has 0 amide bonds. The summed E-state index contributed by atoms with van der Waals surface area (Å²) < 4.78 is 11.0. The number of carbonyl (C=O) groups is 1. The van der Waals surface area contributed by atoms with Gasteiger partial charge in [0.1, 0.15) is 6.29 Å². The largest absolute Gasteiger partial charge is 0.451 e. The number of unbranched alkanes of at least 4 members (excludes halogenated alkanes) is 1. The highest BCUT2D eigenvalue weighted by molar-refractivity contribution is 5.52. The number of benzene rings is 1. The van der Waals surface area contributed by atoms with Crippen LogP contribution in [0.4, 0.5) is 0 Å². The van der Waals surface area contributed by atoms with Crippen LogP contribution < -0.4 is 9.47 Å². The minimum absolute atomic E-state index is 0.277. The fourth-order valence-corrected chi connectivity index (χ4v) is 1.76. The molecular formula is C13H16O3. The van der Waals surface area contributed by atoms with E-state index in [-0.39, 0.29) is 6.42 Å². The molecule has 1 aliphatic rings. The van der Waals surface area contributed by atoms with Crippen molar-refractivity contribution < 1.29 is 14.3 Å². The van der Waals surface area contributed by atoms with E-state index in [0.29, 0.717) is 0 Å². The van der Waals surface area contributed by atoms with Gasteiger partial charge in [0.25, 0.3) is 0 Å². The summed E-state index contributed by atoms with van der Waals surface area (Å²) in [5.74, 6) is 1.51. The topological polar surface area (TPSA) is 35.5 Å². The predicted octanol–water partition coefficient (Wildman–Crippen LogP) is 2.72. The van der Waals surface area contributed by atoms with Crippen LogP contribution in [-0.2, 0) is 11.2 Å². The molecule has 0 spiro atoms. The summed E-state index contributed by atoms with van der Waals surface area (Å²) in [4.78, 5) is 10.4. The third kappa shape index (κ3) is 2.35. The van der Waals surface area contributed by atoms with E-state index in [4.69, 9.17) is 9.47 Å². The van der Waals surface area contributed by atoms with Gasteiger partial charge in [0, 0.05) is 0 Å². The number of aldehydes is 1. The van der Waals surface area contributed by atoms with E-state index in [1.54, 1.807) is 0 Å². The molecular weight excluding hydrogens is 204 g/mol. The SMILES string of the molecule is CCCCc1ccc2c(c1)OC(CC=O)O2. The zero-order chi connectivity index (χ0) is 11.4. The molecule has 1 aromatic rings. The normalized spacial score (nSPS) is 17.4. The smallest absolute Gasteiger partial charge is 0.248 e. The molecule has 3 nitrogen and oxygen atoms in total. The van der Waals surface area contributed by atoms with E-state index in [1.165, 1.54) is 18.4 Å². The Morgan fingerprint density at radius 1 is 1.31 bits per heavy atom. The summed E-state index contributed by atoms with van der Waals surface area (Å²) in [7, 11) is 0. The van der Waals surface area contributed by atoms with Crippen LogP contribution in [0.15, 0.2) is 18.2 Å². The van der Waals surface area contributed by atoms with Gasteiger partial charge in [-0.05, 0) is 30.5 Å². The summed E-state index contributed by atoms with van der Waals surface area (Å²) in [6.07, 6.45) is 4.08. The van der Waals surface area contributed by atoms with E-state index in [9.17, 15) is 4.79 Å². The number of hydrogen-bond donors (Lipinski definition) is 0. The molecule has 16 heavy (non-hydrogen) atoms. The van der Waals surface area contributed by atoms with Crippen LogP contribution in [0.25, 0.3) is 0 Å². The zero-order valence-corrected chi connectivity index (χ0v) is 9.44. The Morgan fingerprint density at radius 3 is 2.88 bits per heavy atom. The average Bonchev–Trinajstić information content (AvgIpc) is 2.68. The van der Waals surface area contributed by atoms with Gasteiger partial charge in [-0.2, -0.15) is 0 Å². The molecule has 0 aliphatic carbocycles. The number of carbonyl (C=O) groups excluding carboxylic acids is 1. The minimum Gasteiger partial charge on any atom is -0.451 e. The summed E-state index contributed by atoms with van der Waals surface area (Å²) in [6, 6.07) is 5.99. The second-order valence-corrected chi connectivity index (χ2v) is 3.95. The maximum Gasteiger partial charge on any atom is 0.248 e. The second-order valence-electron chi connectivity index (χ2n) is 3.95. The Morgan fingerprint density at radius 2 is 2.12 bits per heavy atom. The van der Waals surface area contributed by atoms with Crippen molar-refractivity contribution >= 4 is 6.29 Å². The Bertz CT molecular complexity index is 373. The molecule has 1 heterocycles. The molecule has 0 radical (unpaired) electrons. The molecule has 86 valence electrons. The van der Waals surface area contributed by atoms with Gasteiger partial charge in [-0.1, -0.05) is 19.4 Å². The van der Waals surface area contributed by atoms with Gasteiger partial charge in [0.15, 0.2) is 11.5 Å². The number of hydrogen-bond acceptors (Lipinski definition) is 3. The summed E-state index contributed by atoms with van der Waals surface area (Å²) in [5.41, 5.74) is 1.26. The molecule has 3 heteroatoms. The highest BCUT2D eigenvalue weighted by Crippen LogP contribution is 2.36. The van der Waals surface area contributed by atoms with Crippen LogP contribution in [0.1, 0.15) is 31.7 Å². The van der Waals surface area contributed by atoms with Gasteiger partial charge in [-0.15, -0.1) is 0 Å². The van der Waals surface area contributed by atoms with Crippen molar-refractivity contribution in [2.75, 3.05) is 0 Å². The first-order valence-electron chi connectivity index (χ1n) is 5.73. The molecule has 0 bridgehead atoms. The van der Waals surface area contributed by atoms with E-state index in [1.807, 2.05) is 12.1 Å². The van der Waals surface area contributed by atoms with Crippen molar-refractivity contribution in [3.63, 3.8) is 0 Å². The van der Waals surface area contributed by atoms with Gasteiger partial charge in [-0.3, -0.25) is 0 Å². The van der Waals surface area contributed by atoms with Crippen LogP contribution in [-0.4, -0.2) is 12.6 Å². The van der Waals surface area contributed by atoms with Gasteiger partial charge in [-0.25, -0.2) is 0 Å². The lowest BCUT2D eigenvalue weighted by atomic mass is 10.1. The van der Waals surface area contributed by atoms with Crippen LogP contribution in [0.3, 0.4) is 0 Å². The minimum atomic E-state index is -0.436. The van der Waals surface area contributed by atoms with Crippen molar-refractivity contribution in [3.05, 3.63) is 23.8 Å². The molecule has 1 unspecified atom stereocenters. The Labute approximate surface area is 95.4 Å². The number of aryl methyl sites for hydroxylation is 1. The van der Waals surface area contributed by atoms with Crippen molar-refractivity contribution in [1.82, 2.24) is 0 Å². The lowest BCUT2D eigenvalue weighted by molar-refractivity contribution is -0.111. The van der Waals surface area contributed by atoms with Crippen LogP contribution in [0.5, 0.6) is 11.5 Å². The van der Waals surface area contributed by atoms with Gasteiger partial charge < -0.3 is 14.3 Å². The standard InChI is InChI=1S/C13H16O3/c1-2-3-4-10-5-6-11-12(9-10)16-13(15-11)7-8-14/h5-6,8-9,13H,2-4,7H2,1H3. The molecule has 1 aromatic carbocycles. The van der Waals surface area contributed by atoms with Gasteiger partial charge in [0.2, 0.25) is 6.29 Å². The van der Waals surface area contributed by atoms with Gasteiger partial charge >= 0.3 is 0 Å². The monoisotopic (exact) mass is 220 g/mol. The van der Waals surface area contributed by atoms with Gasteiger partial charge in [0.05, 0.1) is 6.42 Å². The van der Waals surface area contributed by atoms with Crippen molar-refractivity contribution in [3.8, 4) is 11.5 Å². The molecule has 2 rings (SSSR count).